The number of methoxy groups -OCH3 is 1. The summed E-state index contributed by atoms with van der Waals surface area (Å²) >= 11 is 0. The predicted molar refractivity (Wildman–Crippen MR) is 87.8 cm³/mol. The van der Waals surface area contributed by atoms with Crippen LogP contribution >= 0.6 is 0 Å². The van der Waals surface area contributed by atoms with E-state index in [0.717, 1.165) is 38.5 Å². The molecule has 1 saturated heterocycles. The van der Waals surface area contributed by atoms with Crippen LogP contribution in [0.4, 0.5) is 5.82 Å². The zero-order valence-corrected chi connectivity index (χ0v) is 13.6. The van der Waals surface area contributed by atoms with Crippen molar-refractivity contribution >= 4 is 5.82 Å². The summed E-state index contributed by atoms with van der Waals surface area (Å²) in [7, 11) is 1.79. The fourth-order valence-electron chi connectivity index (χ4n) is 2.96. The average Bonchev–Trinajstić information content (AvgIpc) is 2.53. The van der Waals surface area contributed by atoms with Gasteiger partial charge in [0.2, 0.25) is 0 Å². The maximum absolute atomic E-state index is 5.30. The second-order valence-electron chi connectivity index (χ2n) is 6.04. The van der Waals surface area contributed by atoms with Gasteiger partial charge in [0.15, 0.2) is 0 Å². The molecule has 2 heterocycles. The Morgan fingerprint density at radius 3 is 3.00 bits per heavy atom. The van der Waals surface area contributed by atoms with E-state index in [2.05, 4.69) is 41.2 Å². The number of nitrogens with one attached hydrogen (secondary N) is 1. The monoisotopic (exact) mass is 291 g/mol. The molecule has 0 saturated carbocycles. The molecule has 1 fully saturated rings. The largest absolute Gasteiger partial charge is 0.384 e. The minimum Gasteiger partial charge on any atom is -0.384 e. The summed E-state index contributed by atoms with van der Waals surface area (Å²) < 4.78 is 5.30. The first-order valence-corrected chi connectivity index (χ1v) is 8.17. The maximum Gasteiger partial charge on any atom is 0.128 e. The lowest BCUT2D eigenvalue weighted by atomic mass is 9.99. The lowest BCUT2D eigenvalue weighted by Crippen LogP contribution is -2.37. The standard InChI is InChI=1S/C17H29N3O/c1-4-9-18-14(2)16-7-8-17(19-11-16)20-10-5-6-15(12-20)13-21-3/h7-8,11,14-15,18H,4-6,9-10,12-13H2,1-3H3. The highest BCUT2D eigenvalue weighted by atomic mass is 16.5. The number of pyridine rings is 1. The number of hydrogen-bond acceptors (Lipinski definition) is 4. The van der Waals surface area contributed by atoms with Gasteiger partial charge in [-0.1, -0.05) is 13.0 Å². The van der Waals surface area contributed by atoms with Gasteiger partial charge in [0, 0.05) is 32.4 Å². The van der Waals surface area contributed by atoms with Crippen molar-refractivity contribution in [1.82, 2.24) is 10.3 Å². The second-order valence-corrected chi connectivity index (χ2v) is 6.04. The van der Waals surface area contributed by atoms with E-state index in [-0.39, 0.29) is 0 Å². The van der Waals surface area contributed by atoms with Gasteiger partial charge in [-0.15, -0.1) is 0 Å². The zero-order chi connectivity index (χ0) is 15.1. The summed E-state index contributed by atoms with van der Waals surface area (Å²) in [5.74, 6) is 1.73. The van der Waals surface area contributed by atoms with Crippen molar-refractivity contribution in [2.24, 2.45) is 5.92 Å². The van der Waals surface area contributed by atoms with E-state index in [1.807, 2.05) is 6.20 Å². The molecule has 0 spiro atoms. The van der Waals surface area contributed by atoms with Crippen LogP contribution in [0.5, 0.6) is 0 Å². The Balaban J connectivity index is 1.94. The molecule has 4 heteroatoms. The summed E-state index contributed by atoms with van der Waals surface area (Å²) in [6.45, 7) is 8.45. The lowest BCUT2D eigenvalue weighted by Gasteiger charge is -2.33. The fourth-order valence-corrected chi connectivity index (χ4v) is 2.96. The van der Waals surface area contributed by atoms with Crippen LogP contribution in [0.3, 0.4) is 0 Å². The highest BCUT2D eigenvalue weighted by Crippen LogP contribution is 2.23. The number of ether oxygens (including phenoxy) is 1. The normalized spacial score (nSPS) is 20.5. The third-order valence-electron chi connectivity index (χ3n) is 4.22. The molecular weight excluding hydrogens is 262 g/mol. The quantitative estimate of drug-likeness (QED) is 0.838. The van der Waals surface area contributed by atoms with Crippen molar-refractivity contribution in [2.75, 3.05) is 38.3 Å². The number of aromatic nitrogens is 1. The number of hydrogen-bond donors (Lipinski definition) is 1. The average molecular weight is 291 g/mol. The third-order valence-corrected chi connectivity index (χ3v) is 4.22. The smallest absolute Gasteiger partial charge is 0.128 e. The summed E-state index contributed by atoms with van der Waals surface area (Å²) in [6.07, 6.45) is 5.67. The van der Waals surface area contributed by atoms with E-state index in [0.29, 0.717) is 12.0 Å². The molecule has 1 aliphatic rings. The minimum atomic E-state index is 0.370. The van der Waals surface area contributed by atoms with Gasteiger partial charge in [0.25, 0.3) is 0 Å². The SMILES string of the molecule is CCCNC(C)c1ccc(N2CCCC(COC)C2)nc1. The molecule has 1 aliphatic heterocycles. The first-order chi connectivity index (χ1) is 10.2. The van der Waals surface area contributed by atoms with Crippen molar-refractivity contribution < 1.29 is 4.74 Å². The van der Waals surface area contributed by atoms with E-state index in [1.54, 1.807) is 7.11 Å². The van der Waals surface area contributed by atoms with Crippen LogP contribution in [0, 0.1) is 5.92 Å². The van der Waals surface area contributed by atoms with Crippen LogP contribution in [0.2, 0.25) is 0 Å². The second kappa shape index (κ2) is 8.35. The van der Waals surface area contributed by atoms with E-state index in [4.69, 9.17) is 4.74 Å². The zero-order valence-electron chi connectivity index (χ0n) is 13.6. The minimum absolute atomic E-state index is 0.370. The predicted octanol–water partition coefficient (Wildman–Crippen LogP) is 3.01. The Labute approximate surface area is 128 Å². The van der Waals surface area contributed by atoms with Crippen molar-refractivity contribution in [1.29, 1.82) is 0 Å². The summed E-state index contributed by atoms with van der Waals surface area (Å²) in [5, 5.41) is 3.50. The Kier molecular flexibility index (Phi) is 6.46. The van der Waals surface area contributed by atoms with Crippen LogP contribution in [-0.2, 0) is 4.74 Å². The number of rotatable bonds is 7. The summed E-state index contributed by atoms with van der Waals surface area (Å²) in [6, 6.07) is 4.73. The molecule has 4 nitrogen and oxygen atoms in total. The van der Waals surface area contributed by atoms with Crippen molar-refractivity contribution in [3.05, 3.63) is 23.9 Å². The molecule has 0 aromatic carbocycles. The van der Waals surface area contributed by atoms with Crippen LogP contribution in [0.15, 0.2) is 18.3 Å². The third kappa shape index (κ3) is 4.68. The van der Waals surface area contributed by atoms with E-state index in [9.17, 15) is 0 Å². The van der Waals surface area contributed by atoms with E-state index < -0.39 is 0 Å². The van der Waals surface area contributed by atoms with Crippen molar-refractivity contribution in [2.45, 2.75) is 39.2 Å². The van der Waals surface area contributed by atoms with Gasteiger partial charge in [-0.05, 0) is 50.3 Å². The van der Waals surface area contributed by atoms with Crippen LogP contribution < -0.4 is 10.2 Å². The van der Waals surface area contributed by atoms with Crippen LogP contribution in [-0.4, -0.2) is 38.3 Å². The van der Waals surface area contributed by atoms with Gasteiger partial charge < -0.3 is 15.0 Å². The van der Waals surface area contributed by atoms with Gasteiger partial charge in [-0.25, -0.2) is 4.98 Å². The molecule has 2 atom stereocenters. The van der Waals surface area contributed by atoms with Crippen molar-refractivity contribution in [3.63, 3.8) is 0 Å². The molecule has 2 unspecified atom stereocenters. The molecule has 1 aromatic heterocycles. The Hall–Kier alpha value is -1.13. The Bertz CT molecular complexity index is 405. The van der Waals surface area contributed by atoms with Gasteiger partial charge in [0.1, 0.15) is 5.82 Å². The van der Waals surface area contributed by atoms with E-state index in [1.165, 1.54) is 18.4 Å². The first kappa shape index (κ1) is 16.2. The molecule has 1 N–H and O–H groups in total. The fraction of sp³-hybridized carbons (Fsp3) is 0.706. The molecule has 21 heavy (non-hydrogen) atoms. The molecule has 0 radical (unpaired) electrons. The number of piperidine rings is 1. The number of nitrogens with zero attached hydrogens (tertiary/aromatic N) is 2. The molecule has 0 aliphatic carbocycles. The lowest BCUT2D eigenvalue weighted by molar-refractivity contribution is 0.143. The van der Waals surface area contributed by atoms with Gasteiger partial charge in [-0.3, -0.25) is 0 Å². The van der Waals surface area contributed by atoms with Crippen LogP contribution in [0.1, 0.15) is 44.7 Å². The Morgan fingerprint density at radius 1 is 1.48 bits per heavy atom. The highest BCUT2D eigenvalue weighted by molar-refractivity contribution is 5.40. The molecule has 118 valence electrons. The maximum atomic E-state index is 5.30. The van der Waals surface area contributed by atoms with E-state index >= 15 is 0 Å². The number of anilines is 1. The van der Waals surface area contributed by atoms with Gasteiger partial charge in [0.05, 0.1) is 6.61 Å². The summed E-state index contributed by atoms with van der Waals surface area (Å²) in [4.78, 5) is 7.06. The molecule has 2 rings (SSSR count). The van der Waals surface area contributed by atoms with Gasteiger partial charge in [-0.2, -0.15) is 0 Å². The molecule has 1 aromatic rings. The van der Waals surface area contributed by atoms with Gasteiger partial charge >= 0.3 is 0 Å². The molecular formula is C17H29N3O. The highest BCUT2D eigenvalue weighted by Gasteiger charge is 2.20. The van der Waals surface area contributed by atoms with Crippen molar-refractivity contribution in [3.8, 4) is 0 Å². The first-order valence-electron chi connectivity index (χ1n) is 8.17. The van der Waals surface area contributed by atoms with Crippen LogP contribution in [0.25, 0.3) is 0 Å². The molecule has 0 bridgehead atoms. The Morgan fingerprint density at radius 2 is 2.33 bits per heavy atom. The topological polar surface area (TPSA) is 37.4 Å². The summed E-state index contributed by atoms with van der Waals surface area (Å²) in [5.41, 5.74) is 1.26. The molecule has 0 amide bonds.